The summed E-state index contributed by atoms with van der Waals surface area (Å²) in [6, 6.07) is 11.9. The zero-order chi connectivity index (χ0) is 18.0. The van der Waals surface area contributed by atoms with Crippen LogP contribution in [0.2, 0.25) is 0 Å². The van der Waals surface area contributed by atoms with Gasteiger partial charge in [-0.1, -0.05) is 12.1 Å². The van der Waals surface area contributed by atoms with E-state index in [1.54, 1.807) is 30.3 Å². The number of amides is 1. The summed E-state index contributed by atoms with van der Waals surface area (Å²) in [6.45, 7) is 6.21. The van der Waals surface area contributed by atoms with Gasteiger partial charge in [0.1, 0.15) is 11.3 Å². The molecule has 0 unspecified atom stereocenters. The van der Waals surface area contributed by atoms with Crippen molar-refractivity contribution in [3.05, 3.63) is 69.6 Å². The Morgan fingerprint density at radius 1 is 1.12 bits per heavy atom. The zero-order valence-corrected chi connectivity index (χ0v) is 14.4. The number of rotatable bonds is 4. The Bertz CT molecular complexity index is 1000. The van der Waals surface area contributed by atoms with E-state index in [-0.39, 0.29) is 11.2 Å². The summed E-state index contributed by atoms with van der Waals surface area (Å²) in [6.07, 6.45) is 0. The van der Waals surface area contributed by atoms with Crippen molar-refractivity contribution in [2.24, 2.45) is 0 Å². The first kappa shape index (κ1) is 16.8. The van der Waals surface area contributed by atoms with Crippen molar-refractivity contribution in [1.29, 1.82) is 0 Å². The molecule has 1 heterocycles. The van der Waals surface area contributed by atoms with Crippen LogP contribution in [0.5, 0.6) is 5.75 Å². The average molecular weight is 337 g/mol. The maximum absolute atomic E-state index is 12.5. The monoisotopic (exact) mass is 337 g/mol. The summed E-state index contributed by atoms with van der Waals surface area (Å²) in [5.74, 6) is 0.0318. The van der Waals surface area contributed by atoms with E-state index < -0.39 is 5.91 Å². The Labute approximate surface area is 145 Å². The topological polar surface area (TPSA) is 68.5 Å². The molecule has 1 amide bonds. The number of benzene rings is 2. The molecule has 5 heteroatoms. The van der Waals surface area contributed by atoms with Gasteiger partial charge in [-0.2, -0.15) is 0 Å². The fraction of sp³-hybridized carbons (Fsp3) is 0.200. The Morgan fingerprint density at radius 3 is 2.60 bits per heavy atom. The number of anilines is 1. The minimum absolute atomic E-state index is 0.0351. The van der Waals surface area contributed by atoms with Gasteiger partial charge in [-0.15, -0.1) is 0 Å². The van der Waals surface area contributed by atoms with E-state index in [0.29, 0.717) is 29.0 Å². The highest BCUT2D eigenvalue weighted by Gasteiger charge is 2.15. The molecular weight excluding hydrogens is 318 g/mol. The first-order valence-electron chi connectivity index (χ1n) is 8.08. The quantitative estimate of drug-likeness (QED) is 0.779. The number of carbonyl (C=O) groups is 1. The lowest BCUT2D eigenvalue weighted by molar-refractivity contribution is 0.0996. The molecule has 0 radical (unpaired) electrons. The van der Waals surface area contributed by atoms with Crippen LogP contribution >= 0.6 is 0 Å². The van der Waals surface area contributed by atoms with Crippen LogP contribution in [-0.4, -0.2) is 12.5 Å². The van der Waals surface area contributed by atoms with Crippen molar-refractivity contribution >= 4 is 22.6 Å². The molecule has 0 saturated carbocycles. The molecule has 0 bridgehead atoms. The molecule has 128 valence electrons. The molecule has 3 aromatic rings. The van der Waals surface area contributed by atoms with E-state index in [1.807, 2.05) is 26.8 Å². The number of hydrogen-bond acceptors (Lipinski definition) is 4. The van der Waals surface area contributed by atoms with Crippen LogP contribution in [-0.2, 0) is 0 Å². The van der Waals surface area contributed by atoms with E-state index in [4.69, 9.17) is 9.15 Å². The summed E-state index contributed by atoms with van der Waals surface area (Å²) in [5, 5.41) is 3.20. The molecule has 1 N–H and O–H groups in total. The predicted molar refractivity (Wildman–Crippen MR) is 97.5 cm³/mol. The lowest BCUT2D eigenvalue weighted by Gasteiger charge is -2.11. The summed E-state index contributed by atoms with van der Waals surface area (Å²) < 4.78 is 11.1. The van der Waals surface area contributed by atoms with Gasteiger partial charge in [0.25, 0.3) is 5.91 Å². The van der Waals surface area contributed by atoms with Crippen LogP contribution in [0, 0.1) is 13.8 Å². The largest absolute Gasteiger partial charge is 0.492 e. The first-order valence-corrected chi connectivity index (χ1v) is 8.08. The number of carbonyl (C=O) groups excluding carboxylic acids is 1. The van der Waals surface area contributed by atoms with Gasteiger partial charge in [0.2, 0.25) is 0 Å². The number of ether oxygens (including phenoxy) is 1. The highest BCUT2D eigenvalue weighted by atomic mass is 16.5. The van der Waals surface area contributed by atoms with E-state index in [0.717, 1.165) is 11.1 Å². The minimum atomic E-state index is -0.496. The molecule has 0 aliphatic rings. The number of para-hydroxylation sites is 2. The molecule has 5 nitrogen and oxygen atoms in total. The second kappa shape index (κ2) is 6.81. The minimum Gasteiger partial charge on any atom is -0.492 e. The third-order valence-electron chi connectivity index (χ3n) is 4.00. The van der Waals surface area contributed by atoms with Crippen LogP contribution in [0.25, 0.3) is 11.0 Å². The second-order valence-electron chi connectivity index (χ2n) is 5.79. The fourth-order valence-electron chi connectivity index (χ4n) is 2.56. The Morgan fingerprint density at radius 2 is 1.84 bits per heavy atom. The van der Waals surface area contributed by atoms with E-state index in [2.05, 4.69) is 5.32 Å². The molecule has 3 rings (SSSR count). The van der Waals surface area contributed by atoms with E-state index in [1.165, 1.54) is 6.07 Å². The van der Waals surface area contributed by atoms with E-state index in [9.17, 15) is 9.59 Å². The van der Waals surface area contributed by atoms with Crippen molar-refractivity contribution < 1.29 is 13.9 Å². The first-order chi connectivity index (χ1) is 12.0. The molecule has 25 heavy (non-hydrogen) atoms. The molecule has 0 saturated heterocycles. The van der Waals surface area contributed by atoms with Crippen LogP contribution in [0.3, 0.4) is 0 Å². The molecule has 0 aliphatic heterocycles. The normalized spacial score (nSPS) is 10.7. The molecule has 2 aromatic carbocycles. The average Bonchev–Trinajstić information content (AvgIpc) is 2.58. The Hall–Kier alpha value is -3.08. The lowest BCUT2D eigenvalue weighted by Crippen LogP contribution is -2.15. The Kier molecular flexibility index (Phi) is 4.57. The summed E-state index contributed by atoms with van der Waals surface area (Å²) in [5.41, 5.74) is 2.68. The smallest absolute Gasteiger partial charge is 0.291 e. The zero-order valence-electron chi connectivity index (χ0n) is 14.4. The number of nitrogens with one attached hydrogen (secondary N) is 1. The SMILES string of the molecule is CCOc1ccccc1NC(=O)c1cc(=O)c2cc(C)c(C)cc2o1. The highest BCUT2D eigenvalue weighted by Crippen LogP contribution is 2.25. The molecule has 0 aliphatic carbocycles. The van der Waals surface area contributed by atoms with Crippen LogP contribution in [0.15, 0.2) is 51.7 Å². The van der Waals surface area contributed by atoms with Gasteiger partial charge in [0.15, 0.2) is 11.2 Å². The van der Waals surface area contributed by atoms with E-state index >= 15 is 0 Å². The molecule has 0 atom stereocenters. The van der Waals surface area contributed by atoms with Gasteiger partial charge in [0.05, 0.1) is 17.7 Å². The fourth-order valence-corrected chi connectivity index (χ4v) is 2.56. The van der Waals surface area contributed by atoms with Gasteiger partial charge in [-0.3, -0.25) is 9.59 Å². The third-order valence-corrected chi connectivity index (χ3v) is 4.00. The maximum atomic E-state index is 12.5. The second-order valence-corrected chi connectivity index (χ2v) is 5.79. The number of fused-ring (bicyclic) bond motifs is 1. The van der Waals surface area contributed by atoms with Gasteiger partial charge in [-0.05, 0) is 56.2 Å². The van der Waals surface area contributed by atoms with Crippen molar-refractivity contribution in [3.63, 3.8) is 0 Å². The summed E-state index contributed by atoms with van der Waals surface area (Å²) >= 11 is 0. The molecule has 0 spiro atoms. The van der Waals surface area contributed by atoms with Crippen molar-refractivity contribution in [2.75, 3.05) is 11.9 Å². The molecule has 0 fully saturated rings. The van der Waals surface area contributed by atoms with Gasteiger partial charge >= 0.3 is 0 Å². The third kappa shape index (κ3) is 3.40. The van der Waals surface area contributed by atoms with Crippen LogP contribution in [0.4, 0.5) is 5.69 Å². The molecule has 1 aromatic heterocycles. The predicted octanol–water partition coefficient (Wildman–Crippen LogP) is 4.06. The summed E-state index contributed by atoms with van der Waals surface area (Å²) in [7, 11) is 0. The van der Waals surface area contributed by atoms with Crippen molar-refractivity contribution in [3.8, 4) is 5.75 Å². The summed E-state index contributed by atoms with van der Waals surface area (Å²) in [4.78, 5) is 24.8. The number of hydrogen-bond donors (Lipinski definition) is 1. The molecular formula is C20H19NO4. The van der Waals surface area contributed by atoms with Gasteiger partial charge in [0, 0.05) is 6.07 Å². The highest BCUT2D eigenvalue weighted by molar-refractivity contribution is 6.03. The van der Waals surface area contributed by atoms with Gasteiger partial charge < -0.3 is 14.5 Å². The van der Waals surface area contributed by atoms with Crippen molar-refractivity contribution in [1.82, 2.24) is 0 Å². The van der Waals surface area contributed by atoms with Crippen LogP contribution in [0.1, 0.15) is 28.6 Å². The number of aryl methyl sites for hydroxylation is 2. The van der Waals surface area contributed by atoms with Crippen molar-refractivity contribution in [2.45, 2.75) is 20.8 Å². The standard InChI is InChI=1S/C20H19NO4/c1-4-24-17-8-6-5-7-15(17)21-20(23)19-11-16(22)14-9-12(2)13(3)10-18(14)25-19/h5-11H,4H2,1-3H3,(H,21,23). The lowest BCUT2D eigenvalue weighted by atomic mass is 10.1. The Balaban J connectivity index is 1.98. The van der Waals surface area contributed by atoms with Gasteiger partial charge in [-0.25, -0.2) is 0 Å². The maximum Gasteiger partial charge on any atom is 0.291 e. The van der Waals surface area contributed by atoms with Crippen LogP contribution < -0.4 is 15.5 Å².